The number of carbonyl (C=O) groups excluding carboxylic acids is 2. The van der Waals surface area contributed by atoms with Crippen LogP contribution in [0.2, 0.25) is 0 Å². The molecule has 0 aromatic heterocycles. The molecule has 1 aliphatic heterocycles. The first kappa shape index (κ1) is 26.5. The number of piperidine rings is 1. The summed E-state index contributed by atoms with van der Waals surface area (Å²) in [4.78, 5) is 26.0. The number of benzene rings is 3. The fourth-order valence-electron chi connectivity index (χ4n) is 4.40. The Morgan fingerprint density at radius 2 is 1.57 bits per heavy atom. The predicted octanol–water partition coefficient (Wildman–Crippen LogP) is 4.50. The second-order valence-corrected chi connectivity index (χ2v) is 11.2. The van der Waals surface area contributed by atoms with Gasteiger partial charge in [0.15, 0.2) is 0 Å². The minimum Gasteiger partial charge on any atom is -0.345 e. The highest BCUT2D eigenvalue weighted by atomic mass is 32.2. The van der Waals surface area contributed by atoms with Gasteiger partial charge >= 0.3 is 0 Å². The molecule has 3 aromatic rings. The minimum atomic E-state index is -3.58. The molecule has 9 heteroatoms. The van der Waals surface area contributed by atoms with E-state index in [2.05, 4.69) is 10.6 Å². The van der Waals surface area contributed by atoms with Gasteiger partial charge < -0.3 is 10.6 Å². The maximum absolute atomic E-state index is 13.1. The van der Waals surface area contributed by atoms with Gasteiger partial charge in [-0.05, 0) is 55.2 Å². The Bertz CT molecular complexity index is 1340. The summed E-state index contributed by atoms with van der Waals surface area (Å²) in [5, 5.41) is 5.84. The monoisotopic (exact) mass is 523 g/mol. The second-order valence-electron chi connectivity index (χ2n) is 9.20. The lowest BCUT2D eigenvalue weighted by molar-refractivity contribution is -0.120. The van der Waals surface area contributed by atoms with E-state index in [0.29, 0.717) is 29.7 Å². The lowest BCUT2D eigenvalue weighted by atomic mass is 9.97. The van der Waals surface area contributed by atoms with Crippen LogP contribution < -0.4 is 10.6 Å². The van der Waals surface area contributed by atoms with Gasteiger partial charge in [0.2, 0.25) is 15.9 Å². The number of sulfonamides is 1. The average Bonchev–Trinajstić information content (AvgIpc) is 2.90. The predicted molar refractivity (Wildman–Crippen MR) is 141 cm³/mol. The number of hydrogen-bond acceptors (Lipinski definition) is 4. The molecular formula is C28H30FN3O4S. The first-order chi connectivity index (χ1) is 17.7. The molecular weight excluding hydrogens is 493 g/mol. The number of nitrogens with zero attached hydrogens (tertiary/aromatic N) is 1. The summed E-state index contributed by atoms with van der Waals surface area (Å²) in [5.74, 6) is -1.55. The number of para-hydroxylation sites is 1. The van der Waals surface area contributed by atoms with E-state index < -0.39 is 15.8 Å². The molecule has 1 saturated heterocycles. The van der Waals surface area contributed by atoms with Crippen LogP contribution in [0.25, 0.3) is 0 Å². The Kier molecular flexibility index (Phi) is 8.35. The van der Waals surface area contributed by atoms with Crippen LogP contribution in [0.1, 0.15) is 47.3 Å². The molecule has 7 nitrogen and oxygen atoms in total. The Hall–Kier alpha value is -3.56. The zero-order valence-corrected chi connectivity index (χ0v) is 21.4. The van der Waals surface area contributed by atoms with Crippen LogP contribution >= 0.6 is 0 Å². The third kappa shape index (κ3) is 6.81. The normalized spacial score (nSPS) is 15.6. The number of amides is 2. The van der Waals surface area contributed by atoms with E-state index in [0.717, 1.165) is 5.56 Å². The quantitative estimate of drug-likeness (QED) is 0.455. The first-order valence-electron chi connectivity index (χ1n) is 12.2. The lowest BCUT2D eigenvalue weighted by Gasteiger charge is -2.30. The van der Waals surface area contributed by atoms with Crippen molar-refractivity contribution in [1.82, 2.24) is 9.62 Å². The summed E-state index contributed by atoms with van der Waals surface area (Å²) in [6, 6.07) is 21.6. The van der Waals surface area contributed by atoms with Gasteiger partial charge in [-0.1, -0.05) is 54.6 Å². The molecule has 37 heavy (non-hydrogen) atoms. The van der Waals surface area contributed by atoms with Crippen molar-refractivity contribution in [2.45, 2.75) is 31.6 Å². The third-order valence-electron chi connectivity index (χ3n) is 6.56. The average molecular weight is 524 g/mol. The highest BCUT2D eigenvalue weighted by molar-refractivity contribution is 7.88. The number of hydrogen-bond donors (Lipinski definition) is 2. The molecule has 2 N–H and O–H groups in total. The van der Waals surface area contributed by atoms with E-state index in [-0.39, 0.29) is 42.6 Å². The van der Waals surface area contributed by atoms with Gasteiger partial charge in [0.05, 0.1) is 23.0 Å². The molecule has 1 heterocycles. The van der Waals surface area contributed by atoms with Crippen molar-refractivity contribution in [1.29, 1.82) is 0 Å². The molecule has 0 spiro atoms. The van der Waals surface area contributed by atoms with Crippen molar-refractivity contribution >= 4 is 27.5 Å². The molecule has 3 aromatic carbocycles. The Morgan fingerprint density at radius 3 is 2.24 bits per heavy atom. The number of carbonyl (C=O) groups is 2. The molecule has 2 amide bonds. The van der Waals surface area contributed by atoms with Crippen LogP contribution in [0, 0.1) is 11.7 Å². The lowest BCUT2D eigenvalue weighted by Crippen LogP contribution is -2.42. The minimum absolute atomic E-state index is 0.210. The van der Waals surface area contributed by atoms with Crippen molar-refractivity contribution in [3.8, 4) is 0 Å². The largest absolute Gasteiger partial charge is 0.345 e. The van der Waals surface area contributed by atoms with Gasteiger partial charge in [0.25, 0.3) is 5.91 Å². The number of anilines is 1. The van der Waals surface area contributed by atoms with Crippen molar-refractivity contribution in [2.24, 2.45) is 5.92 Å². The summed E-state index contributed by atoms with van der Waals surface area (Å²) < 4.78 is 40.1. The van der Waals surface area contributed by atoms with Gasteiger partial charge in [-0.25, -0.2) is 17.1 Å². The molecule has 0 aliphatic carbocycles. The van der Waals surface area contributed by atoms with Crippen LogP contribution in [0.3, 0.4) is 0 Å². The van der Waals surface area contributed by atoms with E-state index in [1.807, 2.05) is 37.3 Å². The molecule has 194 valence electrons. The van der Waals surface area contributed by atoms with Gasteiger partial charge in [-0.3, -0.25) is 9.59 Å². The summed E-state index contributed by atoms with van der Waals surface area (Å²) in [6.07, 6.45) is 0.738. The topological polar surface area (TPSA) is 95.6 Å². The van der Waals surface area contributed by atoms with Crippen LogP contribution in [0.15, 0.2) is 78.9 Å². The fourth-order valence-corrected chi connectivity index (χ4v) is 5.97. The maximum atomic E-state index is 13.1. The van der Waals surface area contributed by atoms with Crippen LogP contribution in [-0.4, -0.2) is 37.6 Å². The van der Waals surface area contributed by atoms with E-state index in [9.17, 15) is 22.4 Å². The third-order valence-corrected chi connectivity index (χ3v) is 8.41. The molecule has 0 radical (unpaired) electrons. The Balaban J connectivity index is 1.35. The van der Waals surface area contributed by atoms with Crippen molar-refractivity contribution in [3.05, 3.63) is 101 Å². The highest BCUT2D eigenvalue weighted by Crippen LogP contribution is 2.25. The zero-order valence-electron chi connectivity index (χ0n) is 20.6. The van der Waals surface area contributed by atoms with Crippen molar-refractivity contribution in [2.75, 3.05) is 18.4 Å². The van der Waals surface area contributed by atoms with E-state index in [1.165, 1.54) is 28.6 Å². The maximum Gasteiger partial charge on any atom is 0.253 e. The second kappa shape index (κ2) is 11.7. The van der Waals surface area contributed by atoms with Crippen molar-refractivity contribution in [3.63, 3.8) is 0 Å². The van der Waals surface area contributed by atoms with Gasteiger partial charge in [-0.15, -0.1) is 0 Å². The molecule has 0 saturated carbocycles. The molecule has 0 unspecified atom stereocenters. The Labute approximate surface area is 216 Å². The SMILES string of the molecule is C[C@H](NC(=O)c1ccccc1NC(=O)C1CCN(S(=O)(=O)Cc2ccc(F)cc2)CC1)c1ccccc1. The van der Waals surface area contributed by atoms with Crippen LogP contribution in [0.4, 0.5) is 10.1 Å². The summed E-state index contributed by atoms with van der Waals surface area (Å²) in [7, 11) is -3.58. The molecule has 4 rings (SSSR count). The Morgan fingerprint density at radius 1 is 0.946 bits per heavy atom. The molecule has 1 fully saturated rings. The van der Waals surface area contributed by atoms with Gasteiger partial charge in [-0.2, -0.15) is 0 Å². The van der Waals surface area contributed by atoms with E-state index in [1.54, 1.807) is 24.3 Å². The summed E-state index contributed by atoms with van der Waals surface area (Å²) in [5.41, 5.74) is 2.26. The fraction of sp³-hybridized carbons (Fsp3) is 0.286. The number of halogens is 1. The molecule has 1 aliphatic rings. The highest BCUT2D eigenvalue weighted by Gasteiger charge is 2.31. The summed E-state index contributed by atoms with van der Waals surface area (Å²) in [6.45, 7) is 2.34. The summed E-state index contributed by atoms with van der Waals surface area (Å²) >= 11 is 0. The van der Waals surface area contributed by atoms with Gasteiger partial charge in [0, 0.05) is 19.0 Å². The molecule has 1 atom stereocenters. The standard InChI is InChI=1S/C28H30FN3O4S/c1-20(22-7-3-2-4-8-22)30-28(34)25-9-5-6-10-26(25)31-27(33)23-15-17-32(18-16-23)37(35,36)19-21-11-13-24(29)14-12-21/h2-14,20,23H,15-19H2,1H3,(H,30,34)(H,31,33)/t20-/m0/s1. The zero-order chi connectivity index (χ0) is 26.4. The smallest absolute Gasteiger partial charge is 0.253 e. The van der Waals surface area contributed by atoms with Gasteiger partial charge in [0.1, 0.15) is 5.82 Å². The van der Waals surface area contributed by atoms with E-state index in [4.69, 9.17) is 0 Å². The van der Waals surface area contributed by atoms with E-state index >= 15 is 0 Å². The number of rotatable bonds is 8. The number of nitrogens with one attached hydrogen (secondary N) is 2. The van der Waals surface area contributed by atoms with Crippen molar-refractivity contribution < 1.29 is 22.4 Å². The van der Waals surface area contributed by atoms with Crippen LogP contribution in [-0.2, 0) is 20.6 Å². The van der Waals surface area contributed by atoms with Crippen LogP contribution in [0.5, 0.6) is 0 Å². The molecule has 0 bridgehead atoms. The first-order valence-corrected chi connectivity index (χ1v) is 13.8.